The van der Waals surface area contributed by atoms with Crippen molar-refractivity contribution in [3.8, 4) is 11.3 Å². The third-order valence-corrected chi connectivity index (χ3v) is 11.2. The van der Waals surface area contributed by atoms with E-state index in [0.717, 1.165) is 43.4 Å². The van der Waals surface area contributed by atoms with Crippen molar-refractivity contribution in [3.63, 3.8) is 0 Å². The molecule has 2 aromatic heterocycles. The van der Waals surface area contributed by atoms with Gasteiger partial charge in [0.05, 0.1) is 5.76 Å². The minimum atomic E-state index is 0. The average Bonchev–Trinajstić information content (AvgIpc) is 3.49. The van der Waals surface area contributed by atoms with Gasteiger partial charge in [0.1, 0.15) is 0 Å². The summed E-state index contributed by atoms with van der Waals surface area (Å²) in [6.07, 6.45) is 7.97. The van der Waals surface area contributed by atoms with Gasteiger partial charge in [0.15, 0.2) is 5.78 Å². The number of allylic oxidation sites excluding steroid dienone is 2. The zero-order valence-electron chi connectivity index (χ0n) is 30.9. The summed E-state index contributed by atoms with van der Waals surface area (Å²) in [5, 5.41) is 17.5. The summed E-state index contributed by atoms with van der Waals surface area (Å²) in [7, 11) is 0. The summed E-state index contributed by atoms with van der Waals surface area (Å²) in [6.45, 7) is 17.2. The van der Waals surface area contributed by atoms with Crippen molar-refractivity contribution < 1.29 is 30.0 Å². The van der Waals surface area contributed by atoms with Crippen molar-refractivity contribution in [1.29, 1.82) is 0 Å². The molecule has 265 valence electrons. The Labute approximate surface area is 316 Å². The zero-order valence-corrected chi connectivity index (χ0v) is 34.1. The van der Waals surface area contributed by atoms with Gasteiger partial charge < -0.3 is 5.11 Å². The third-order valence-electron chi connectivity index (χ3n) is 9.87. The van der Waals surface area contributed by atoms with E-state index in [4.69, 9.17) is 4.98 Å². The van der Waals surface area contributed by atoms with E-state index in [0.29, 0.717) is 11.8 Å². The molecule has 0 fully saturated rings. The maximum atomic E-state index is 11.7. The monoisotopic (exact) mass is 863 g/mol. The number of carbonyl (C=O) groups excluding carboxylic acids is 1. The third kappa shape index (κ3) is 8.39. The van der Waals surface area contributed by atoms with Gasteiger partial charge in [-0.15, -0.1) is 40.5 Å². The van der Waals surface area contributed by atoms with E-state index < -0.39 is 0 Å². The van der Waals surface area contributed by atoms with E-state index in [2.05, 4.69) is 100 Å². The Balaban J connectivity index is 0.000000301. The number of aromatic nitrogens is 1. The summed E-state index contributed by atoms with van der Waals surface area (Å²) in [5.74, 6) is 1.58. The summed E-state index contributed by atoms with van der Waals surface area (Å²) in [5.41, 5.74) is 4.94. The zero-order chi connectivity index (χ0) is 35.2. The fourth-order valence-corrected chi connectivity index (χ4v) is 8.36. The van der Waals surface area contributed by atoms with Crippen LogP contribution in [0.4, 0.5) is 0 Å². The van der Waals surface area contributed by atoms with Gasteiger partial charge in [-0.05, 0) is 71.7 Å². The van der Waals surface area contributed by atoms with Gasteiger partial charge in [0.25, 0.3) is 0 Å². The first-order valence-electron chi connectivity index (χ1n) is 18.2. The van der Waals surface area contributed by atoms with Crippen molar-refractivity contribution in [1.82, 2.24) is 4.98 Å². The molecule has 0 amide bonds. The number of nitrogens with zero attached hydrogens (tertiary/aromatic N) is 1. The van der Waals surface area contributed by atoms with Gasteiger partial charge in [-0.3, -0.25) is 9.78 Å². The first-order valence-corrected chi connectivity index (χ1v) is 19.0. The van der Waals surface area contributed by atoms with Crippen LogP contribution in [0, 0.1) is 23.8 Å². The SMILES string of the molecule is CC(C)Cc1cccc2c1sc1c(-c3[c-]c4ccc5ccccc5c4c(C(C)C)c3)nccc12.CCC(CC)C(=O)/C=C(\O)C(CC)CC.[Ir]. The average molecular weight is 863 g/mol. The number of ketones is 1. The molecule has 6 aromatic rings. The molecule has 0 saturated heterocycles. The normalized spacial score (nSPS) is 12.0. The molecule has 0 saturated carbocycles. The number of pyridine rings is 1. The summed E-state index contributed by atoms with van der Waals surface area (Å²) in [6, 6.07) is 28.1. The number of hydrogen-bond acceptors (Lipinski definition) is 4. The predicted molar refractivity (Wildman–Crippen MR) is 213 cm³/mol. The van der Waals surface area contributed by atoms with Crippen LogP contribution in [0.2, 0.25) is 0 Å². The molecule has 0 spiro atoms. The van der Waals surface area contributed by atoms with Crippen LogP contribution in [-0.2, 0) is 31.3 Å². The maximum Gasteiger partial charge on any atom is 0.162 e. The van der Waals surface area contributed by atoms with E-state index >= 15 is 0 Å². The summed E-state index contributed by atoms with van der Waals surface area (Å²) < 4.78 is 2.66. The Bertz CT molecular complexity index is 2100. The van der Waals surface area contributed by atoms with Crippen LogP contribution in [0.1, 0.15) is 98.1 Å². The van der Waals surface area contributed by atoms with Gasteiger partial charge in [-0.1, -0.05) is 115 Å². The van der Waals surface area contributed by atoms with Crippen molar-refractivity contribution >= 4 is 58.8 Å². The Morgan fingerprint density at radius 2 is 1.48 bits per heavy atom. The van der Waals surface area contributed by atoms with Gasteiger partial charge in [-0.2, -0.15) is 0 Å². The molecule has 1 radical (unpaired) electrons. The van der Waals surface area contributed by atoms with Gasteiger partial charge in [0.2, 0.25) is 0 Å². The first kappa shape index (κ1) is 39.4. The molecule has 0 aliphatic rings. The number of aliphatic hydroxyl groups is 1. The van der Waals surface area contributed by atoms with E-state index in [9.17, 15) is 9.90 Å². The van der Waals surface area contributed by atoms with Crippen molar-refractivity contribution in [2.24, 2.45) is 17.8 Å². The maximum absolute atomic E-state index is 11.7. The van der Waals surface area contributed by atoms with Crippen molar-refractivity contribution in [2.75, 3.05) is 0 Å². The molecular weight excluding hydrogens is 811 g/mol. The number of carbonyl (C=O) groups is 1. The van der Waals surface area contributed by atoms with E-state index in [-0.39, 0.29) is 43.5 Å². The number of hydrogen-bond donors (Lipinski definition) is 1. The summed E-state index contributed by atoms with van der Waals surface area (Å²) >= 11 is 1.89. The first-order chi connectivity index (χ1) is 23.6. The second-order valence-corrected chi connectivity index (χ2v) is 15.1. The van der Waals surface area contributed by atoms with Crippen LogP contribution in [0.25, 0.3) is 53.0 Å². The van der Waals surface area contributed by atoms with Crippen LogP contribution >= 0.6 is 11.3 Å². The molecule has 5 heteroatoms. The summed E-state index contributed by atoms with van der Waals surface area (Å²) in [4.78, 5) is 16.6. The molecule has 0 unspecified atom stereocenters. The Morgan fingerprint density at radius 1 is 0.820 bits per heavy atom. The standard InChI is InChI=1S/C32H28NS.C13H24O2.Ir/c1-19(2)16-23-9-7-11-26-27-14-15-33-30(32(27)34-31(23)26)24-17-22-13-12-21-8-5-6-10-25(21)29(22)28(18-24)20(3)4;1-5-10(6-2)12(14)9-13(15)11(7-3)8-4;/h5-15,18-20H,16H2,1-4H3;9-11,14H,5-8H2,1-4H3;/q-1;;/b;12-9-;. The molecule has 0 bridgehead atoms. The van der Waals surface area contributed by atoms with Gasteiger partial charge >= 0.3 is 0 Å². The fraction of sp³-hybridized carbons (Fsp3) is 0.378. The largest absolute Gasteiger partial charge is 0.512 e. The topological polar surface area (TPSA) is 50.2 Å². The number of aliphatic hydroxyl groups excluding tert-OH is 1. The van der Waals surface area contributed by atoms with Crippen LogP contribution < -0.4 is 0 Å². The van der Waals surface area contributed by atoms with Gasteiger partial charge in [-0.25, -0.2) is 0 Å². The molecule has 3 nitrogen and oxygen atoms in total. The minimum Gasteiger partial charge on any atom is -0.512 e. The van der Waals surface area contributed by atoms with Crippen LogP contribution in [-0.4, -0.2) is 15.9 Å². The predicted octanol–water partition coefficient (Wildman–Crippen LogP) is 13.4. The van der Waals surface area contributed by atoms with E-state index in [1.807, 2.05) is 45.2 Å². The van der Waals surface area contributed by atoms with Gasteiger partial charge in [0, 0.05) is 64.7 Å². The minimum absolute atomic E-state index is 0. The smallest absolute Gasteiger partial charge is 0.162 e. The quantitative estimate of drug-likeness (QED) is 0.0611. The molecule has 0 aliphatic carbocycles. The van der Waals surface area contributed by atoms with Crippen LogP contribution in [0.15, 0.2) is 84.8 Å². The number of thiophene rings is 1. The van der Waals surface area contributed by atoms with Crippen LogP contribution in [0.5, 0.6) is 0 Å². The molecular formula is C45H52IrNO2S-. The molecule has 50 heavy (non-hydrogen) atoms. The Morgan fingerprint density at radius 3 is 2.14 bits per heavy atom. The Hall–Kier alpha value is -3.37. The van der Waals surface area contributed by atoms with E-state index in [1.54, 1.807) is 0 Å². The molecule has 0 atom stereocenters. The number of benzene rings is 4. The molecule has 0 aliphatic heterocycles. The molecule has 1 N–H and O–H groups in total. The van der Waals surface area contributed by atoms with Crippen molar-refractivity contribution in [3.05, 3.63) is 102 Å². The second kappa shape index (κ2) is 17.7. The Kier molecular flexibility index (Phi) is 14.0. The second-order valence-electron chi connectivity index (χ2n) is 14.0. The molecule has 2 heterocycles. The van der Waals surface area contributed by atoms with Crippen LogP contribution in [0.3, 0.4) is 0 Å². The fourth-order valence-electron chi connectivity index (χ4n) is 7.03. The van der Waals surface area contributed by atoms with Crippen molar-refractivity contribution in [2.45, 2.75) is 93.4 Å². The molecule has 4 aromatic carbocycles. The van der Waals surface area contributed by atoms with E-state index in [1.165, 1.54) is 58.9 Å². The molecule has 6 rings (SSSR count). The number of fused-ring (bicyclic) bond motifs is 6. The number of rotatable bonds is 11.